The van der Waals surface area contributed by atoms with Gasteiger partial charge in [0.1, 0.15) is 0 Å². The van der Waals surface area contributed by atoms with Gasteiger partial charge in [-0.2, -0.15) is 0 Å². The van der Waals surface area contributed by atoms with Crippen molar-refractivity contribution in [2.75, 3.05) is 6.26 Å². The number of pyridine rings is 1. The monoisotopic (exact) mass is 191 g/mol. The number of rotatable bonds is 1. The molecule has 0 saturated carbocycles. The van der Waals surface area contributed by atoms with Crippen LogP contribution in [0.2, 0.25) is 0 Å². The van der Waals surface area contributed by atoms with Crippen LogP contribution in [0.5, 0.6) is 0 Å². The van der Waals surface area contributed by atoms with Crippen LogP contribution >= 0.6 is 11.8 Å². The minimum absolute atomic E-state index is 0.0738. The molecule has 2 rings (SSSR count). The molecule has 2 aromatic rings. The van der Waals surface area contributed by atoms with Crippen LogP contribution in [-0.4, -0.2) is 11.2 Å². The van der Waals surface area contributed by atoms with Crippen molar-refractivity contribution in [2.24, 2.45) is 0 Å². The third-order valence-corrected chi connectivity index (χ3v) is 2.69. The number of aromatic nitrogens is 1. The predicted molar refractivity (Wildman–Crippen MR) is 56.3 cm³/mol. The summed E-state index contributed by atoms with van der Waals surface area (Å²) < 4.78 is 0. The average Bonchev–Trinajstić information content (AvgIpc) is 2.18. The van der Waals surface area contributed by atoms with Gasteiger partial charge in [-0.05, 0) is 24.5 Å². The Bertz CT molecular complexity index is 489. The molecule has 0 aliphatic carbocycles. The van der Waals surface area contributed by atoms with E-state index in [1.165, 1.54) is 0 Å². The second-order valence-corrected chi connectivity index (χ2v) is 3.63. The molecule has 13 heavy (non-hydrogen) atoms. The van der Waals surface area contributed by atoms with Crippen LogP contribution in [0.4, 0.5) is 0 Å². The van der Waals surface area contributed by atoms with E-state index in [1.54, 1.807) is 24.0 Å². The van der Waals surface area contributed by atoms with E-state index in [0.717, 1.165) is 15.8 Å². The van der Waals surface area contributed by atoms with Crippen molar-refractivity contribution < 1.29 is 0 Å². The van der Waals surface area contributed by atoms with Gasteiger partial charge in [-0.25, -0.2) is 0 Å². The maximum Gasteiger partial charge on any atom is 0.189 e. The minimum Gasteiger partial charge on any atom is -0.361 e. The molecule has 2 nitrogen and oxygen atoms in total. The zero-order valence-corrected chi connectivity index (χ0v) is 8.02. The largest absolute Gasteiger partial charge is 0.361 e. The van der Waals surface area contributed by atoms with Crippen molar-refractivity contribution in [3.63, 3.8) is 0 Å². The summed E-state index contributed by atoms with van der Waals surface area (Å²) in [5.41, 5.74) is 0.968. The molecule has 0 aliphatic rings. The minimum atomic E-state index is 0.0738. The van der Waals surface area contributed by atoms with Crippen molar-refractivity contribution in [3.8, 4) is 0 Å². The van der Waals surface area contributed by atoms with Crippen LogP contribution < -0.4 is 5.43 Å². The second-order valence-electron chi connectivity index (χ2n) is 2.75. The van der Waals surface area contributed by atoms with Gasteiger partial charge >= 0.3 is 0 Å². The molecule has 1 aromatic carbocycles. The molecule has 66 valence electrons. The molecule has 1 aromatic heterocycles. The molecule has 0 unspecified atom stereocenters. The molecule has 0 spiro atoms. The van der Waals surface area contributed by atoms with Gasteiger partial charge in [0.05, 0.1) is 0 Å². The average molecular weight is 191 g/mol. The number of H-pyrrole nitrogens is 1. The highest BCUT2D eigenvalue weighted by molar-refractivity contribution is 7.98. The van der Waals surface area contributed by atoms with Gasteiger partial charge in [-0.15, -0.1) is 11.8 Å². The van der Waals surface area contributed by atoms with E-state index in [4.69, 9.17) is 0 Å². The molecule has 1 heterocycles. The van der Waals surface area contributed by atoms with Crippen molar-refractivity contribution >= 4 is 22.7 Å². The van der Waals surface area contributed by atoms with Gasteiger partial charge in [0, 0.05) is 28.1 Å². The van der Waals surface area contributed by atoms with Gasteiger partial charge in [-0.1, -0.05) is 0 Å². The molecule has 0 bridgehead atoms. The molecular weight excluding hydrogens is 182 g/mol. The topological polar surface area (TPSA) is 32.9 Å². The number of benzene rings is 1. The summed E-state index contributed by atoms with van der Waals surface area (Å²) in [7, 11) is 0. The Morgan fingerprint density at radius 3 is 2.92 bits per heavy atom. The van der Waals surface area contributed by atoms with Crippen molar-refractivity contribution in [2.45, 2.75) is 4.90 Å². The first kappa shape index (κ1) is 8.38. The Balaban J connectivity index is 2.82. The summed E-state index contributed by atoms with van der Waals surface area (Å²) in [6.45, 7) is 0. The Morgan fingerprint density at radius 2 is 2.15 bits per heavy atom. The van der Waals surface area contributed by atoms with Gasteiger partial charge < -0.3 is 4.98 Å². The zero-order valence-electron chi connectivity index (χ0n) is 7.20. The lowest BCUT2D eigenvalue weighted by Crippen LogP contribution is -1.99. The summed E-state index contributed by atoms with van der Waals surface area (Å²) in [6.07, 6.45) is 3.67. The summed E-state index contributed by atoms with van der Waals surface area (Å²) in [6, 6.07) is 7.40. The Labute approximate surface area is 80.0 Å². The highest BCUT2D eigenvalue weighted by atomic mass is 32.2. The normalized spacial score (nSPS) is 10.5. The summed E-state index contributed by atoms with van der Waals surface area (Å²) in [5.74, 6) is 0. The van der Waals surface area contributed by atoms with Crippen LogP contribution in [0, 0.1) is 0 Å². The third kappa shape index (κ3) is 1.47. The molecule has 0 saturated heterocycles. The fourth-order valence-corrected chi connectivity index (χ4v) is 1.72. The van der Waals surface area contributed by atoms with Crippen LogP contribution in [0.15, 0.2) is 40.2 Å². The maximum atomic E-state index is 11.4. The molecular formula is C10H9NOS. The summed E-state index contributed by atoms with van der Waals surface area (Å²) in [5, 5.41) is 0.759. The van der Waals surface area contributed by atoms with E-state index in [9.17, 15) is 4.79 Å². The smallest absolute Gasteiger partial charge is 0.189 e. The van der Waals surface area contributed by atoms with E-state index >= 15 is 0 Å². The molecule has 0 atom stereocenters. The standard InChI is InChI=1S/C10H9NOS/c1-13-7-2-3-9-8(6-7)10(12)4-5-11-9/h2-6H,1H3,(H,11,12). The predicted octanol–water partition coefficient (Wildman–Crippen LogP) is 2.25. The lowest BCUT2D eigenvalue weighted by atomic mass is 10.2. The second kappa shape index (κ2) is 3.26. The SMILES string of the molecule is CSc1ccc2[nH]ccc(=O)c2c1. The van der Waals surface area contributed by atoms with E-state index < -0.39 is 0 Å². The fraction of sp³-hybridized carbons (Fsp3) is 0.100. The third-order valence-electron chi connectivity index (χ3n) is 1.97. The molecule has 3 heteroatoms. The van der Waals surface area contributed by atoms with Crippen molar-refractivity contribution in [3.05, 3.63) is 40.7 Å². The number of hydrogen-bond donors (Lipinski definition) is 1. The number of fused-ring (bicyclic) bond motifs is 1. The molecule has 0 aliphatic heterocycles. The van der Waals surface area contributed by atoms with Gasteiger partial charge in [0.15, 0.2) is 5.43 Å². The number of thioether (sulfide) groups is 1. The summed E-state index contributed by atoms with van der Waals surface area (Å²) in [4.78, 5) is 15.6. The first-order valence-corrected chi connectivity index (χ1v) is 5.19. The van der Waals surface area contributed by atoms with Crippen LogP contribution in [-0.2, 0) is 0 Å². The zero-order chi connectivity index (χ0) is 9.26. The van der Waals surface area contributed by atoms with Crippen LogP contribution in [0.25, 0.3) is 10.9 Å². The molecule has 0 fully saturated rings. The van der Waals surface area contributed by atoms with Gasteiger partial charge in [0.2, 0.25) is 0 Å². The highest BCUT2D eigenvalue weighted by Crippen LogP contribution is 2.17. The fourth-order valence-electron chi connectivity index (χ4n) is 1.28. The Morgan fingerprint density at radius 1 is 1.31 bits per heavy atom. The van der Waals surface area contributed by atoms with E-state index in [0.29, 0.717) is 0 Å². The lowest BCUT2D eigenvalue weighted by Gasteiger charge is -1.98. The summed E-state index contributed by atoms with van der Waals surface area (Å²) >= 11 is 1.64. The lowest BCUT2D eigenvalue weighted by molar-refractivity contribution is 1.37. The molecule has 1 N–H and O–H groups in total. The van der Waals surface area contributed by atoms with Crippen LogP contribution in [0.3, 0.4) is 0 Å². The van der Waals surface area contributed by atoms with Gasteiger partial charge in [0.25, 0.3) is 0 Å². The quantitative estimate of drug-likeness (QED) is 0.701. The van der Waals surface area contributed by atoms with Crippen molar-refractivity contribution in [1.29, 1.82) is 0 Å². The Hall–Kier alpha value is -1.22. The first-order chi connectivity index (χ1) is 6.31. The molecule has 0 amide bonds. The maximum absolute atomic E-state index is 11.4. The van der Waals surface area contributed by atoms with E-state index in [1.807, 2.05) is 24.5 Å². The van der Waals surface area contributed by atoms with Crippen LogP contribution in [0.1, 0.15) is 0 Å². The van der Waals surface area contributed by atoms with E-state index in [-0.39, 0.29) is 5.43 Å². The Kier molecular flexibility index (Phi) is 2.10. The number of aromatic amines is 1. The number of nitrogens with one attached hydrogen (secondary N) is 1. The first-order valence-electron chi connectivity index (χ1n) is 3.97. The molecule has 0 radical (unpaired) electrons. The van der Waals surface area contributed by atoms with Gasteiger partial charge in [-0.3, -0.25) is 4.79 Å². The number of hydrogen-bond acceptors (Lipinski definition) is 2. The van der Waals surface area contributed by atoms with E-state index in [2.05, 4.69) is 4.98 Å². The highest BCUT2D eigenvalue weighted by Gasteiger charge is 1.98. The van der Waals surface area contributed by atoms with Crippen molar-refractivity contribution in [1.82, 2.24) is 4.98 Å².